The Hall–Kier alpha value is -3.36. The SMILES string of the molecule is O=C(O)C1CCCN1C1CCN(C(=O)C(Cc2cc(Br)c(O)c(Br)c2)OC(=O)N2CCC(N3CCc4ccccc4NC3=O)CC2)CC1. The zero-order valence-electron chi connectivity index (χ0n) is 26.7. The first kappa shape index (κ1) is 34.5. The average Bonchev–Trinajstić information content (AvgIpc) is 3.52. The lowest BCUT2D eigenvalue weighted by atomic mass is 10.00. The minimum atomic E-state index is -1.09. The van der Waals surface area contributed by atoms with Crippen LogP contribution in [0, 0.1) is 0 Å². The van der Waals surface area contributed by atoms with E-state index in [1.165, 1.54) is 0 Å². The number of phenols is 1. The van der Waals surface area contributed by atoms with Crippen LogP contribution in [-0.4, -0.2) is 117 Å². The third-order valence-electron chi connectivity index (χ3n) is 10.1. The van der Waals surface area contributed by atoms with Crippen LogP contribution in [-0.2, 0) is 27.2 Å². The number of piperidine rings is 2. The van der Waals surface area contributed by atoms with Crippen molar-refractivity contribution >= 4 is 61.5 Å². The molecule has 4 aliphatic heterocycles. The van der Waals surface area contributed by atoms with Crippen molar-refractivity contribution in [3.05, 3.63) is 56.5 Å². The number of nitrogens with one attached hydrogen (secondary N) is 1. The van der Waals surface area contributed by atoms with Crippen molar-refractivity contribution < 1.29 is 34.1 Å². The fourth-order valence-corrected chi connectivity index (χ4v) is 8.82. The van der Waals surface area contributed by atoms with E-state index in [4.69, 9.17) is 4.74 Å². The molecule has 0 bridgehead atoms. The topological polar surface area (TPSA) is 143 Å². The molecule has 3 fully saturated rings. The number of likely N-dealkylation sites (tertiary alicyclic amines) is 3. The van der Waals surface area contributed by atoms with Crippen molar-refractivity contribution in [1.82, 2.24) is 19.6 Å². The van der Waals surface area contributed by atoms with E-state index in [1.54, 1.807) is 21.9 Å². The summed E-state index contributed by atoms with van der Waals surface area (Å²) in [5, 5.41) is 22.9. The number of fused-ring (bicyclic) bond motifs is 1. The summed E-state index contributed by atoms with van der Waals surface area (Å²) in [5.74, 6) is -1.06. The predicted octanol–water partition coefficient (Wildman–Crippen LogP) is 5.06. The fraction of sp³-hybridized carbons (Fsp3) is 0.529. The summed E-state index contributed by atoms with van der Waals surface area (Å²) in [7, 11) is 0. The molecule has 0 spiro atoms. The number of anilines is 1. The van der Waals surface area contributed by atoms with E-state index in [0.29, 0.717) is 79.3 Å². The second-order valence-corrected chi connectivity index (χ2v) is 14.7. The molecule has 3 saturated heterocycles. The van der Waals surface area contributed by atoms with Gasteiger partial charge in [-0.2, -0.15) is 0 Å². The number of urea groups is 1. The number of ether oxygens (including phenoxy) is 1. The Balaban J connectivity index is 1.09. The van der Waals surface area contributed by atoms with Gasteiger partial charge < -0.3 is 35.0 Å². The molecule has 0 saturated carbocycles. The van der Waals surface area contributed by atoms with Gasteiger partial charge in [0.05, 0.1) is 8.95 Å². The van der Waals surface area contributed by atoms with E-state index in [2.05, 4.69) is 42.1 Å². The molecule has 48 heavy (non-hydrogen) atoms. The number of amides is 4. The highest BCUT2D eigenvalue weighted by molar-refractivity contribution is 9.11. The quantitative estimate of drug-likeness (QED) is 0.354. The number of nitrogens with zero attached hydrogens (tertiary/aromatic N) is 4. The van der Waals surface area contributed by atoms with Gasteiger partial charge >= 0.3 is 18.1 Å². The summed E-state index contributed by atoms with van der Waals surface area (Å²) >= 11 is 6.71. The smallest absolute Gasteiger partial charge is 0.410 e. The number of hydrogen-bond acceptors (Lipinski definition) is 7. The highest BCUT2D eigenvalue weighted by Gasteiger charge is 2.39. The number of carbonyl (C=O) groups excluding carboxylic acids is 3. The molecule has 2 aromatic rings. The normalized spacial score (nSPS) is 21.8. The molecule has 12 nitrogen and oxygen atoms in total. The van der Waals surface area contributed by atoms with E-state index in [1.807, 2.05) is 29.2 Å². The van der Waals surface area contributed by atoms with E-state index in [-0.39, 0.29) is 36.2 Å². The number of carbonyl (C=O) groups is 4. The molecule has 3 N–H and O–H groups in total. The molecule has 0 aliphatic carbocycles. The van der Waals surface area contributed by atoms with E-state index in [0.717, 1.165) is 30.6 Å². The minimum Gasteiger partial charge on any atom is -0.506 e. The lowest BCUT2D eigenvalue weighted by Gasteiger charge is -2.40. The lowest BCUT2D eigenvalue weighted by molar-refractivity contribution is -0.146. The molecule has 2 aromatic carbocycles. The van der Waals surface area contributed by atoms with Crippen LogP contribution >= 0.6 is 31.9 Å². The fourth-order valence-electron chi connectivity index (χ4n) is 7.54. The number of aromatic hydroxyl groups is 1. The minimum absolute atomic E-state index is 0.0230. The number of benzene rings is 2. The monoisotopic (exact) mass is 789 g/mol. The second-order valence-electron chi connectivity index (χ2n) is 13.0. The molecule has 2 atom stereocenters. The molecule has 6 rings (SSSR count). The van der Waals surface area contributed by atoms with Gasteiger partial charge in [-0.3, -0.25) is 14.5 Å². The first-order valence-electron chi connectivity index (χ1n) is 16.6. The number of carboxylic acid groups (broad SMARTS) is 1. The molecule has 4 aliphatic rings. The highest BCUT2D eigenvalue weighted by Crippen LogP contribution is 2.34. The number of aliphatic carboxylic acids is 1. The summed E-state index contributed by atoms with van der Waals surface area (Å²) in [6.45, 7) is 3.00. The molecule has 4 amide bonds. The van der Waals surface area contributed by atoms with Gasteiger partial charge in [-0.1, -0.05) is 18.2 Å². The Morgan fingerprint density at radius 2 is 1.54 bits per heavy atom. The van der Waals surface area contributed by atoms with Crippen molar-refractivity contribution in [3.63, 3.8) is 0 Å². The van der Waals surface area contributed by atoms with Gasteiger partial charge in [0.15, 0.2) is 6.10 Å². The predicted molar refractivity (Wildman–Crippen MR) is 185 cm³/mol. The third kappa shape index (κ3) is 7.60. The Morgan fingerprint density at radius 3 is 2.23 bits per heavy atom. The van der Waals surface area contributed by atoms with Crippen LogP contribution in [0.15, 0.2) is 45.3 Å². The van der Waals surface area contributed by atoms with Gasteiger partial charge in [0.1, 0.15) is 11.8 Å². The molecule has 4 heterocycles. The van der Waals surface area contributed by atoms with Crippen molar-refractivity contribution in [1.29, 1.82) is 0 Å². The zero-order valence-corrected chi connectivity index (χ0v) is 29.8. The summed E-state index contributed by atoms with van der Waals surface area (Å²) in [6.07, 6.45) is 3.16. The summed E-state index contributed by atoms with van der Waals surface area (Å²) in [4.78, 5) is 59.6. The maximum Gasteiger partial charge on any atom is 0.410 e. The standard InChI is InChI=1S/C34H41Br2N5O7/c35-25-18-21(19-26(36)30(25)42)20-29(31(43)38-13-8-23(9-14-38)40-12-3-6-28(40)32(44)45)48-34(47)39-15-10-24(11-16-39)41-17-7-22-4-1-2-5-27(22)37-33(41)46/h1-2,4-5,18-19,23-24,28-29,42H,3,6-17,20H2,(H,37,46)(H,44,45). The number of carboxylic acids is 1. The zero-order chi connectivity index (χ0) is 33.9. The number of rotatable bonds is 7. The number of halogens is 2. The van der Waals surface area contributed by atoms with Crippen LogP contribution in [0.25, 0.3) is 0 Å². The van der Waals surface area contributed by atoms with E-state index >= 15 is 0 Å². The van der Waals surface area contributed by atoms with Crippen molar-refractivity contribution in [3.8, 4) is 5.75 Å². The van der Waals surface area contributed by atoms with Crippen LogP contribution in [0.1, 0.15) is 49.7 Å². The second kappa shape index (κ2) is 15.0. The molecule has 2 unspecified atom stereocenters. The Morgan fingerprint density at radius 1 is 0.896 bits per heavy atom. The molecule has 0 aromatic heterocycles. The third-order valence-corrected chi connectivity index (χ3v) is 11.4. The molecular weight excluding hydrogens is 750 g/mol. The van der Waals surface area contributed by atoms with Crippen LogP contribution in [0.3, 0.4) is 0 Å². The van der Waals surface area contributed by atoms with Gasteiger partial charge in [0, 0.05) is 56.9 Å². The Bertz CT molecular complexity index is 1520. The molecule has 258 valence electrons. The first-order valence-corrected chi connectivity index (χ1v) is 18.2. The van der Waals surface area contributed by atoms with Crippen molar-refractivity contribution in [2.75, 3.05) is 44.6 Å². The largest absolute Gasteiger partial charge is 0.506 e. The van der Waals surface area contributed by atoms with Crippen LogP contribution < -0.4 is 5.32 Å². The number of para-hydroxylation sites is 1. The lowest BCUT2D eigenvalue weighted by Crippen LogP contribution is -2.53. The van der Waals surface area contributed by atoms with Crippen LogP contribution in [0.5, 0.6) is 5.75 Å². The number of hydrogen-bond donors (Lipinski definition) is 3. The summed E-state index contributed by atoms with van der Waals surface area (Å²) in [5.41, 5.74) is 2.63. The van der Waals surface area contributed by atoms with Gasteiger partial charge in [0.25, 0.3) is 5.91 Å². The number of phenolic OH excluding ortho intramolecular Hbond substituents is 1. The van der Waals surface area contributed by atoms with Gasteiger partial charge in [-0.05, 0) is 113 Å². The summed E-state index contributed by atoms with van der Waals surface area (Å²) < 4.78 is 6.88. The van der Waals surface area contributed by atoms with Crippen molar-refractivity contribution in [2.24, 2.45) is 0 Å². The average molecular weight is 792 g/mol. The van der Waals surface area contributed by atoms with Crippen LogP contribution in [0.2, 0.25) is 0 Å². The van der Waals surface area contributed by atoms with E-state index < -0.39 is 24.2 Å². The maximum atomic E-state index is 14.0. The summed E-state index contributed by atoms with van der Waals surface area (Å²) in [6, 6.07) is 10.7. The van der Waals surface area contributed by atoms with Crippen molar-refractivity contribution in [2.45, 2.75) is 75.6 Å². The maximum absolute atomic E-state index is 14.0. The Labute approximate surface area is 296 Å². The van der Waals surface area contributed by atoms with E-state index in [9.17, 15) is 29.4 Å². The van der Waals surface area contributed by atoms with Gasteiger partial charge in [-0.15, -0.1) is 0 Å². The molecule has 0 radical (unpaired) electrons. The Kier molecular flexibility index (Phi) is 10.8. The first-order chi connectivity index (χ1) is 23.1. The molecule has 14 heteroatoms. The van der Waals surface area contributed by atoms with Crippen LogP contribution in [0.4, 0.5) is 15.3 Å². The van der Waals surface area contributed by atoms with Gasteiger partial charge in [0.2, 0.25) is 0 Å². The van der Waals surface area contributed by atoms with Gasteiger partial charge in [-0.25, -0.2) is 9.59 Å². The highest BCUT2D eigenvalue weighted by atomic mass is 79.9. The molecular formula is C34H41Br2N5O7.